The number of amides is 4. The maximum Gasteiger partial charge on any atom is 0.411 e. The molecular weight excluding hydrogens is 765 g/mol. The molecule has 4 amide bonds. The minimum absolute atomic E-state index is 0.0184. The number of benzene rings is 4. The van der Waals surface area contributed by atoms with Gasteiger partial charge in [-0.25, -0.2) is 4.79 Å². The van der Waals surface area contributed by atoms with Crippen LogP contribution >= 0.6 is 0 Å². The summed E-state index contributed by atoms with van der Waals surface area (Å²) in [6.45, 7) is 5.60. The Hall–Kier alpha value is -5.96. The second kappa shape index (κ2) is 19.0. The number of carbonyl (C=O) groups is 4. The van der Waals surface area contributed by atoms with Gasteiger partial charge >= 0.3 is 6.09 Å². The van der Waals surface area contributed by atoms with Crippen molar-refractivity contribution in [3.8, 4) is 22.6 Å². The van der Waals surface area contributed by atoms with Crippen molar-refractivity contribution in [1.82, 2.24) is 15.1 Å². The highest BCUT2D eigenvalue weighted by molar-refractivity contribution is 5.97. The molecule has 2 heterocycles. The smallest absolute Gasteiger partial charge is 0.411 e. The highest BCUT2D eigenvalue weighted by Gasteiger charge is 2.50. The average Bonchev–Trinajstić information content (AvgIpc) is 3.71. The van der Waals surface area contributed by atoms with E-state index < -0.39 is 12.2 Å². The molecule has 0 spiro atoms. The van der Waals surface area contributed by atoms with Crippen LogP contribution in [0.15, 0.2) is 91.0 Å². The van der Waals surface area contributed by atoms with Crippen LogP contribution in [-0.2, 0) is 25.7 Å². The van der Waals surface area contributed by atoms with Gasteiger partial charge in [0.15, 0.2) is 12.4 Å². The lowest BCUT2D eigenvalue weighted by Crippen LogP contribution is -2.34. The van der Waals surface area contributed by atoms with E-state index >= 15 is 0 Å². The fraction of sp³-hybridized carbons (Fsp3) is 0.391. The van der Waals surface area contributed by atoms with Crippen LogP contribution in [0, 0.1) is 11.3 Å². The van der Waals surface area contributed by atoms with Gasteiger partial charge in [0.2, 0.25) is 11.8 Å². The Morgan fingerprint density at radius 2 is 1.77 bits per heavy atom. The predicted molar refractivity (Wildman–Crippen MR) is 228 cm³/mol. The van der Waals surface area contributed by atoms with E-state index in [2.05, 4.69) is 33.1 Å². The van der Waals surface area contributed by atoms with Crippen molar-refractivity contribution in [3.05, 3.63) is 102 Å². The van der Waals surface area contributed by atoms with Gasteiger partial charge in [0, 0.05) is 76.0 Å². The Kier molecular flexibility index (Phi) is 13.3. The number of carbonyl (C=O) groups excluding carboxylic acids is 4. The standard InChI is InChI=1S/C46H54N6O8/c1-46-24-34(60-45(58)49-37-12-7-6-11-35(37)31-9-4-3-5-10-31)23-32(46)27-52(29-46)22-20-42(57)51(2)21-8-13-40(55)48-33-16-14-30(15-17-33)25-47-26-39(54)36-18-19-38(53)43-44(36)59-28-41(56)50-43/h3-7,9-12,14-19,32,34,39,47,53-54H,8,13,20-29H2,1-2H3,(H,48,55)(H,49,58)(H,50,56)/t32?,34-,39+,46?/m1/s1. The summed E-state index contributed by atoms with van der Waals surface area (Å²) < 4.78 is 11.4. The molecular formula is C46H54N6O8. The molecule has 2 unspecified atom stereocenters. The first kappa shape index (κ1) is 42.2. The molecule has 4 aromatic rings. The normalized spacial score (nSPS) is 19.9. The van der Waals surface area contributed by atoms with Crippen LogP contribution in [0.4, 0.5) is 21.9 Å². The molecule has 14 nitrogen and oxygen atoms in total. The monoisotopic (exact) mass is 818 g/mol. The first-order valence-electron chi connectivity index (χ1n) is 20.6. The van der Waals surface area contributed by atoms with Crippen molar-refractivity contribution in [3.63, 3.8) is 0 Å². The van der Waals surface area contributed by atoms with E-state index in [-0.39, 0.29) is 66.0 Å². The topological polar surface area (TPSA) is 182 Å². The van der Waals surface area contributed by atoms with Gasteiger partial charge in [0.25, 0.3) is 5.91 Å². The summed E-state index contributed by atoms with van der Waals surface area (Å²) >= 11 is 0. The molecule has 4 aromatic carbocycles. The lowest BCUT2D eigenvalue weighted by Gasteiger charge is -2.25. The van der Waals surface area contributed by atoms with E-state index in [0.717, 1.165) is 42.6 Å². The Bertz CT molecular complexity index is 2170. The summed E-state index contributed by atoms with van der Waals surface area (Å²) in [4.78, 5) is 54.4. The number of phenols is 1. The largest absolute Gasteiger partial charge is 0.506 e. The Labute approximate surface area is 350 Å². The van der Waals surface area contributed by atoms with Crippen molar-refractivity contribution in [2.24, 2.45) is 11.3 Å². The van der Waals surface area contributed by atoms with E-state index in [0.29, 0.717) is 55.3 Å². The van der Waals surface area contributed by atoms with Gasteiger partial charge in [-0.15, -0.1) is 0 Å². The molecule has 1 saturated heterocycles. The fourth-order valence-electron chi connectivity index (χ4n) is 8.64. The molecule has 6 N–H and O–H groups in total. The number of ether oxygens (including phenoxy) is 2. The zero-order chi connectivity index (χ0) is 42.2. The lowest BCUT2D eigenvalue weighted by molar-refractivity contribution is -0.130. The summed E-state index contributed by atoms with van der Waals surface area (Å²) in [6, 6.07) is 28.0. The summed E-state index contributed by atoms with van der Waals surface area (Å²) in [5, 5.41) is 32.5. The number of hydrogen-bond donors (Lipinski definition) is 6. The number of para-hydroxylation sites is 1. The SMILES string of the molecule is CN(CCCC(=O)Nc1ccc(CNC[C@H](O)c2ccc(O)c3c2OCC(=O)N3)cc1)C(=O)CCN1CC2C[C@@H](OC(=O)Nc3ccccc3-c3ccccc3)CC2(C)C1. The number of phenolic OH excluding ortho intramolecular Hbond substituents is 1. The molecule has 3 aliphatic rings. The molecule has 316 valence electrons. The number of aliphatic hydroxyl groups is 1. The number of hydrogen-bond acceptors (Lipinski definition) is 10. The van der Waals surface area contributed by atoms with Gasteiger partial charge in [0.1, 0.15) is 17.5 Å². The van der Waals surface area contributed by atoms with Gasteiger partial charge < -0.3 is 45.4 Å². The molecule has 2 fully saturated rings. The summed E-state index contributed by atoms with van der Waals surface area (Å²) in [5.41, 5.74) is 4.92. The molecule has 2 aliphatic heterocycles. The molecule has 1 saturated carbocycles. The zero-order valence-corrected chi connectivity index (χ0v) is 34.1. The van der Waals surface area contributed by atoms with Crippen molar-refractivity contribution >= 4 is 40.9 Å². The number of nitrogens with one attached hydrogen (secondary N) is 4. The maximum atomic E-state index is 13.0. The van der Waals surface area contributed by atoms with Crippen LogP contribution in [0.2, 0.25) is 0 Å². The molecule has 0 bridgehead atoms. The van der Waals surface area contributed by atoms with Gasteiger partial charge in [0.05, 0.1) is 11.8 Å². The number of anilines is 3. The Balaban J connectivity index is 0.762. The quantitative estimate of drug-likeness (QED) is 0.0720. The number of likely N-dealkylation sites (tertiary alicyclic amines) is 1. The Morgan fingerprint density at radius 1 is 1.00 bits per heavy atom. The third kappa shape index (κ3) is 10.4. The Morgan fingerprint density at radius 3 is 2.55 bits per heavy atom. The van der Waals surface area contributed by atoms with Crippen molar-refractivity contribution in [1.29, 1.82) is 0 Å². The molecule has 0 aromatic heterocycles. The fourth-order valence-corrected chi connectivity index (χ4v) is 8.64. The average molecular weight is 819 g/mol. The third-order valence-electron chi connectivity index (χ3n) is 11.8. The summed E-state index contributed by atoms with van der Waals surface area (Å²) in [6.07, 6.45) is 1.28. The summed E-state index contributed by atoms with van der Waals surface area (Å²) in [7, 11) is 1.78. The minimum atomic E-state index is -0.940. The van der Waals surface area contributed by atoms with Crippen LogP contribution in [0.3, 0.4) is 0 Å². The lowest BCUT2D eigenvalue weighted by atomic mass is 9.83. The predicted octanol–water partition coefficient (Wildman–Crippen LogP) is 6.13. The van der Waals surface area contributed by atoms with Crippen LogP contribution in [0.1, 0.15) is 56.3 Å². The maximum absolute atomic E-state index is 13.0. The number of fused-ring (bicyclic) bond motifs is 2. The first-order chi connectivity index (χ1) is 28.9. The molecule has 4 atom stereocenters. The second-order valence-electron chi connectivity index (χ2n) is 16.4. The number of nitrogens with zero attached hydrogens (tertiary/aromatic N) is 2. The third-order valence-corrected chi connectivity index (χ3v) is 11.8. The number of aromatic hydroxyl groups is 1. The van der Waals surface area contributed by atoms with Crippen molar-refractivity contribution in [2.45, 2.75) is 57.8 Å². The van der Waals surface area contributed by atoms with Crippen LogP contribution < -0.4 is 26.0 Å². The highest BCUT2D eigenvalue weighted by atomic mass is 16.6. The van der Waals surface area contributed by atoms with Gasteiger partial charge in [-0.3, -0.25) is 19.7 Å². The van der Waals surface area contributed by atoms with E-state index in [1.165, 1.54) is 6.07 Å². The molecule has 1 aliphatic carbocycles. The summed E-state index contributed by atoms with van der Waals surface area (Å²) in [5.74, 6) is 0.0513. The molecule has 7 rings (SSSR count). The van der Waals surface area contributed by atoms with Gasteiger partial charge in [-0.1, -0.05) is 67.6 Å². The first-order valence-corrected chi connectivity index (χ1v) is 20.6. The van der Waals surface area contributed by atoms with E-state index in [1.54, 1.807) is 18.0 Å². The van der Waals surface area contributed by atoms with Crippen LogP contribution in [-0.4, -0.2) is 96.3 Å². The highest BCUT2D eigenvalue weighted by Crippen LogP contribution is 2.49. The van der Waals surface area contributed by atoms with Gasteiger partial charge in [-0.2, -0.15) is 0 Å². The number of aliphatic hydroxyl groups excluding tert-OH is 1. The second-order valence-corrected chi connectivity index (χ2v) is 16.4. The van der Waals surface area contributed by atoms with Gasteiger partial charge in [-0.05, 0) is 72.1 Å². The number of rotatable bonds is 16. The molecule has 14 heteroatoms. The molecule has 60 heavy (non-hydrogen) atoms. The molecule has 0 radical (unpaired) electrons. The zero-order valence-electron chi connectivity index (χ0n) is 34.1. The van der Waals surface area contributed by atoms with E-state index in [9.17, 15) is 29.4 Å². The van der Waals surface area contributed by atoms with E-state index in [4.69, 9.17) is 9.47 Å². The van der Waals surface area contributed by atoms with Crippen LogP contribution in [0.5, 0.6) is 11.5 Å². The van der Waals surface area contributed by atoms with Crippen molar-refractivity contribution < 1.29 is 38.9 Å². The minimum Gasteiger partial charge on any atom is -0.506 e. The van der Waals surface area contributed by atoms with E-state index in [1.807, 2.05) is 78.9 Å². The van der Waals surface area contributed by atoms with Crippen LogP contribution in [0.25, 0.3) is 11.1 Å². The van der Waals surface area contributed by atoms with Crippen molar-refractivity contribution in [2.75, 3.05) is 62.3 Å².